The fourth-order valence-corrected chi connectivity index (χ4v) is 3.66. The second-order valence-corrected chi connectivity index (χ2v) is 7.00. The zero-order valence-corrected chi connectivity index (χ0v) is 15.8. The summed E-state index contributed by atoms with van der Waals surface area (Å²) < 4.78 is 0. The monoisotopic (exact) mass is 369 g/mol. The summed E-state index contributed by atoms with van der Waals surface area (Å²) in [6.45, 7) is 8.12. The molecule has 0 saturated carbocycles. The second kappa shape index (κ2) is 7.83. The minimum atomic E-state index is -0.460. The largest absolute Gasteiger partial charge is 0.371 e. The Hall–Kier alpha value is -2.47. The predicted molar refractivity (Wildman–Crippen MR) is 108 cm³/mol. The highest BCUT2D eigenvalue weighted by Gasteiger charge is 2.32. The lowest BCUT2D eigenvalue weighted by atomic mass is 10.0. The highest BCUT2D eigenvalue weighted by Crippen LogP contribution is 2.26. The van der Waals surface area contributed by atoms with Gasteiger partial charge in [0.25, 0.3) is 11.8 Å². The Morgan fingerprint density at radius 2 is 1.96 bits per heavy atom. The third-order valence-electron chi connectivity index (χ3n) is 4.73. The molecule has 1 aromatic rings. The molecular weight excluding hydrogens is 346 g/mol. The highest BCUT2D eigenvalue weighted by atomic mass is 32.1. The number of hydrogen-bond acceptors (Lipinski definition) is 4. The topological polar surface area (TPSA) is 52.7 Å². The summed E-state index contributed by atoms with van der Waals surface area (Å²) in [6, 6.07) is 6.04. The predicted octanol–water partition coefficient (Wildman–Crippen LogP) is 2.80. The van der Waals surface area contributed by atoms with E-state index in [-0.39, 0.29) is 17.2 Å². The van der Waals surface area contributed by atoms with Crippen molar-refractivity contribution >= 4 is 40.9 Å². The molecule has 0 radical (unpaired) electrons. The standard InChI is InChI=1S/C20H23N3O2S/c1-3-9-23-19(25)16(18(24)21-20(23)26)13-15-7-8-17(14(2)12-15)22-10-5-4-6-11-22/h3,7-8,12-13H,1,4-6,9-11H2,2H3,(H,21,24,26)/b16-13+. The van der Waals surface area contributed by atoms with Crippen LogP contribution >= 0.6 is 12.2 Å². The Morgan fingerprint density at radius 1 is 1.23 bits per heavy atom. The van der Waals surface area contributed by atoms with Crippen LogP contribution in [-0.2, 0) is 9.59 Å². The number of aryl methyl sites for hydroxylation is 1. The van der Waals surface area contributed by atoms with Crippen LogP contribution in [0.15, 0.2) is 36.4 Å². The molecule has 1 N–H and O–H groups in total. The van der Waals surface area contributed by atoms with E-state index in [1.54, 1.807) is 12.2 Å². The number of nitrogens with one attached hydrogen (secondary N) is 1. The van der Waals surface area contributed by atoms with E-state index in [0.29, 0.717) is 0 Å². The van der Waals surface area contributed by atoms with Gasteiger partial charge < -0.3 is 4.90 Å². The molecule has 136 valence electrons. The number of hydrogen-bond donors (Lipinski definition) is 1. The van der Waals surface area contributed by atoms with Crippen molar-refractivity contribution in [2.45, 2.75) is 26.2 Å². The van der Waals surface area contributed by atoms with E-state index in [9.17, 15) is 9.59 Å². The Labute approximate surface area is 159 Å². The maximum absolute atomic E-state index is 12.6. The number of anilines is 1. The number of piperidine rings is 1. The van der Waals surface area contributed by atoms with E-state index in [1.807, 2.05) is 12.1 Å². The van der Waals surface area contributed by atoms with Crippen LogP contribution in [-0.4, -0.2) is 41.5 Å². The summed E-state index contributed by atoms with van der Waals surface area (Å²) in [7, 11) is 0. The highest BCUT2D eigenvalue weighted by molar-refractivity contribution is 7.80. The normalized spacial score (nSPS) is 19.7. The van der Waals surface area contributed by atoms with Gasteiger partial charge in [-0.15, -0.1) is 6.58 Å². The molecule has 2 fully saturated rings. The van der Waals surface area contributed by atoms with Gasteiger partial charge in [0.05, 0.1) is 0 Å². The third-order valence-corrected chi connectivity index (χ3v) is 5.05. The van der Waals surface area contributed by atoms with Gasteiger partial charge in [-0.25, -0.2) is 0 Å². The zero-order chi connectivity index (χ0) is 18.7. The van der Waals surface area contributed by atoms with Gasteiger partial charge in [0, 0.05) is 25.3 Å². The number of thiocarbonyl (C=S) groups is 1. The minimum absolute atomic E-state index is 0.0885. The van der Waals surface area contributed by atoms with Gasteiger partial charge in [0.2, 0.25) is 0 Å². The van der Waals surface area contributed by atoms with Crippen LogP contribution in [0.1, 0.15) is 30.4 Å². The first-order valence-electron chi connectivity index (χ1n) is 8.86. The molecule has 2 heterocycles. The van der Waals surface area contributed by atoms with Crippen molar-refractivity contribution in [2.24, 2.45) is 0 Å². The first-order valence-corrected chi connectivity index (χ1v) is 9.27. The molecule has 0 aromatic heterocycles. The van der Waals surface area contributed by atoms with E-state index in [1.165, 1.54) is 29.8 Å². The van der Waals surface area contributed by atoms with Crippen LogP contribution in [0, 0.1) is 6.92 Å². The molecule has 2 aliphatic heterocycles. The third kappa shape index (κ3) is 3.70. The maximum atomic E-state index is 12.6. The fourth-order valence-electron chi connectivity index (χ4n) is 3.41. The van der Waals surface area contributed by atoms with Gasteiger partial charge in [-0.1, -0.05) is 12.1 Å². The Kier molecular flexibility index (Phi) is 5.52. The quantitative estimate of drug-likeness (QED) is 0.384. The molecule has 0 aliphatic carbocycles. The van der Waals surface area contributed by atoms with Crippen LogP contribution < -0.4 is 10.2 Å². The van der Waals surface area contributed by atoms with Gasteiger partial charge in [0.1, 0.15) is 5.57 Å². The fraction of sp³-hybridized carbons (Fsp3) is 0.350. The first kappa shape index (κ1) is 18.3. The van der Waals surface area contributed by atoms with Crippen molar-refractivity contribution in [1.82, 2.24) is 10.2 Å². The summed E-state index contributed by atoms with van der Waals surface area (Å²) in [5, 5.41) is 2.69. The molecule has 3 rings (SSSR count). The number of amides is 2. The number of benzene rings is 1. The lowest BCUT2D eigenvalue weighted by molar-refractivity contribution is -0.128. The summed E-state index contributed by atoms with van der Waals surface area (Å²) in [6.07, 6.45) is 6.94. The van der Waals surface area contributed by atoms with Crippen molar-refractivity contribution in [3.8, 4) is 0 Å². The molecule has 5 nitrogen and oxygen atoms in total. The first-order chi connectivity index (χ1) is 12.5. The molecule has 1 aromatic carbocycles. The summed E-state index contributed by atoms with van der Waals surface area (Å²) >= 11 is 5.07. The molecule has 2 saturated heterocycles. The number of nitrogens with zero attached hydrogens (tertiary/aromatic N) is 2. The number of carbonyl (C=O) groups is 2. The Morgan fingerprint density at radius 3 is 2.62 bits per heavy atom. The van der Waals surface area contributed by atoms with Crippen molar-refractivity contribution in [3.63, 3.8) is 0 Å². The van der Waals surface area contributed by atoms with Gasteiger partial charge in [0.15, 0.2) is 5.11 Å². The average Bonchev–Trinajstić information content (AvgIpc) is 2.63. The van der Waals surface area contributed by atoms with E-state index in [2.05, 4.69) is 29.8 Å². The van der Waals surface area contributed by atoms with Gasteiger partial charge >= 0.3 is 0 Å². The van der Waals surface area contributed by atoms with Crippen molar-refractivity contribution in [2.75, 3.05) is 24.5 Å². The Balaban J connectivity index is 1.87. The summed E-state index contributed by atoms with van der Waals surface area (Å²) in [4.78, 5) is 28.6. The minimum Gasteiger partial charge on any atom is -0.371 e. The van der Waals surface area contributed by atoms with Gasteiger partial charge in [-0.2, -0.15) is 0 Å². The van der Waals surface area contributed by atoms with E-state index in [4.69, 9.17) is 12.2 Å². The lowest BCUT2D eigenvalue weighted by Gasteiger charge is -2.30. The Bertz CT molecular complexity index is 794. The number of rotatable bonds is 4. The van der Waals surface area contributed by atoms with Crippen molar-refractivity contribution in [1.29, 1.82) is 0 Å². The van der Waals surface area contributed by atoms with Crippen molar-refractivity contribution < 1.29 is 9.59 Å². The molecule has 2 amide bonds. The molecule has 0 atom stereocenters. The summed E-state index contributed by atoms with van der Waals surface area (Å²) in [5.74, 6) is -0.852. The van der Waals surface area contributed by atoms with E-state index in [0.717, 1.165) is 24.2 Å². The van der Waals surface area contributed by atoms with Gasteiger partial charge in [-0.3, -0.25) is 19.8 Å². The molecule has 2 aliphatic rings. The average molecular weight is 369 g/mol. The van der Waals surface area contributed by atoms with Crippen LogP contribution in [0.4, 0.5) is 5.69 Å². The molecule has 26 heavy (non-hydrogen) atoms. The van der Waals surface area contributed by atoms with Crippen LogP contribution in [0.2, 0.25) is 0 Å². The van der Waals surface area contributed by atoms with Crippen LogP contribution in [0.3, 0.4) is 0 Å². The van der Waals surface area contributed by atoms with E-state index < -0.39 is 11.8 Å². The molecule has 0 unspecified atom stereocenters. The molecule has 0 spiro atoms. The molecule has 6 heteroatoms. The zero-order valence-electron chi connectivity index (χ0n) is 15.0. The molecular formula is C20H23N3O2S. The summed E-state index contributed by atoms with van der Waals surface area (Å²) in [5.41, 5.74) is 3.28. The van der Waals surface area contributed by atoms with E-state index >= 15 is 0 Å². The lowest BCUT2D eigenvalue weighted by Crippen LogP contribution is -2.53. The maximum Gasteiger partial charge on any atom is 0.265 e. The van der Waals surface area contributed by atoms with Crippen LogP contribution in [0.5, 0.6) is 0 Å². The second-order valence-electron chi connectivity index (χ2n) is 6.62. The molecule has 0 bridgehead atoms. The van der Waals surface area contributed by atoms with Crippen molar-refractivity contribution in [3.05, 3.63) is 47.6 Å². The van der Waals surface area contributed by atoms with Crippen LogP contribution in [0.25, 0.3) is 6.08 Å². The smallest absolute Gasteiger partial charge is 0.265 e. The SMILES string of the molecule is C=CCN1C(=O)/C(=C/c2ccc(N3CCCCC3)c(C)c2)C(=O)NC1=S. The van der Waals surface area contributed by atoms with Gasteiger partial charge in [-0.05, 0) is 67.7 Å². The number of carbonyl (C=O) groups excluding carboxylic acids is 2.